The predicted octanol–water partition coefficient (Wildman–Crippen LogP) is 1.83. The molecule has 0 fully saturated rings. The molecule has 0 radical (unpaired) electrons. The van der Waals surface area contributed by atoms with E-state index in [1.165, 1.54) is 18.2 Å². The average Bonchev–Trinajstić information content (AvgIpc) is 2.53. The Morgan fingerprint density at radius 2 is 1.77 bits per heavy atom. The third kappa shape index (κ3) is 4.42. The Labute approximate surface area is 132 Å². The van der Waals surface area contributed by atoms with Crippen LogP contribution in [0.4, 0.5) is 5.69 Å². The number of hydrogen-bond acceptors (Lipinski definition) is 4. The van der Waals surface area contributed by atoms with Gasteiger partial charge < -0.3 is 15.7 Å². The van der Waals surface area contributed by atoms with E-state index in [9.17, 15) is 15.2 Å². The van der Waals surface area contributed by atoms with Crippen LogP contribution >= 0.6 is 12.2 Å². The molecule has 0 aromatic heterocycles. The summed E-state index contributed by atoms with van der Waals surface area (Å²) >= 11 is 5.12. The van der Waals surface area contributed by atoms with Gasteiger partial charge >= 0.3 is 0 Å². The predicted molar refractivity (Wildman–Crippen MR) is 85.3 cm³/mol. The molecule has 2 N–H and O–H groups in total. The van der Waals surface area contributed by atoms with Crippen molar-refractivity contribution in [3.63, 3.8) is 0 Å². The van der Waals surface area contributed by atoms with Gasteiger partial charge in [0.25, 0.3) is 5.69 Å². The molecule has 2 aromatic carbocycles. The molecule has 114 valence electrons. The maximum atomic E-state index is 11.7. The Hall–Kier alpha value is -2.67. The van der Waals surface area contributed by atoms with E-state index in [1.807, 2.05) is 30.3 Å². The zero-order valence-corrected chi connectivity index (χ0v) is 12.4. The molecule has 0 bridgehead atoms. The van der Waals surface area contributed by atoms with Crippen LogP contribution in [-0.4, -0.2) is 10.0 Å². The lowest BCUT2D eigenvalue weighted by Crippen LogP contribution is -2.34. The van der Waals surface area contributed by atoms with Crippen LogP contribution in [-0.2, 0) is 13.1 Å². The zero-order chi connectivity index (χ0) is 15.9. The van der Waals surface area contributed by atoms with Gasteiger partial charge in [0.2, 0.25) is 0 Å². The molecule has 2 rings (SSSR count). The van der Waals surface area contributed by atoms with Gasteiger partial charge in [-0.3, -0.25) is 10.1 Å². The summed E-state index contributed by atoms with van der Waals surface area (Å²) < 4.78 is 0. The van der Waals surface area contributed by atoms with Gasteiger partial charge in [0.1, 0.15) is 0 Å². The summed E-state index contributed by atoms with van der Waals surface area (Å²) in [5.41, 5.74) is 1.27. The molecule has 0 saturated heterocycles. The number of non-ortho nitro benzene ring substituents is 1. The topological polar surface area (TPSA) is 90.3 Å². The molecule has 0 aliphatic rings. The number of hydrogen-bond donors (Lipinski definition) is 2. The van der Waals surface area contributed by atoms with Gasteiger partial charge in [0.05, 0.1) is 4.92 Å². The maximum Gasteiger partial charge on any atom is 0.269 e. The summed E-state index contributed by atoms with van der Waals surface area (Å²) in [6, 6.07) is 13.4. The smallest absolute Gasteiger partial charge is 0.269 e. The maximum absolute atomic E-state index is 11.7. The fourth-order valence-electron chi connectivity index (χ4n) is 1.83. The average molecular weight is 316 g/mol. The first kappa shape index (κ1) is 15.7. The molecule has 0 heterocycles. The highest BCUT2D eigenvalue weighted by atomic mass is 32.1. The number of rotatable bonds is 5. The van der Waals surface area contributed by atoms with Crippen molar-refractivity contribution in [3.8, 4) is 5.75 Å². The molecule has 7 heteroatoms. The van der Waals surface area contributed by atoms with Crippen molar-refractivity contribution < 1.29 is 10.0 Å². The van der Waals surface area contributed by atoms with E-state index in [0.717, 1.165) is 5.56 Å². The fourth-order valence-corrected chi connectivity index (χ4v) is 1.98. The van der Waals surface area contributed by atoms with Crippen molar-refractivity contribution in [2.45, 2.75) is 13.1 Å². The number of thiocarbonyl (C=S) groups is 1. The van der Waals surface area contributed by atoms with Crippen LogP contribution < -0.4 is 15.7 Å². The number of benzene rings is 2. The van der Waals surface area contributed by atoms with E-state index in [2.05, 4.69) is 10.6 Å². The highest BCUT2D eigenvalue weighted by Crippen LogP contribution is 2.20. The minimum atomic E-state index is -0.533. The molecule has 0 aliphatic heterocycles. The quantitative estimate of drug-likeness (QED) is 0.497. The van der Waals surface area contributed by atoms with E-state index in [0.29, 0.717) is 17.2 Å². The zero-order valence-electron chi connectivity index (χ0n) is 11.6. The van der Waals surface area contributed by atoms with Crippen LogP contribution in [0.15, 0.2) is 48.5 Å². The summed E-state index contributed by atoms with van der Waals surface area (Å²) in [4.78, 5) is 10.2. The minimum Gasteiger partial charge on any atom is -0.872 e. The van der Waals surface area contributed by atoms with E-state index < -0.39 is 4.92 Å². The van der Waals surface area contributed by atoms with Crippen LogP contribution in [0, 0.1) is 10.1 Å². The van der Waals surface area contributed by atoms with E-state index in [-0.39, 0.29) is 18.0 Å². The first-order valence-corrected chi connectivity index (χ1v) is 6.97. The molecule has 6 nitrogen and oxygen atoms in total. The van der Waals surface area contributed by atoms with Crippen LogP contribution in [0.2, 0.25) is 0 Å². The summed E-state index contributed by atoms with van der Waals surface area (Å²) in [5, 5.41) is 28.6. The molecule has 0 atom stereocenters. The molecule has 0 aliphatic carbocycles. The van der Waals surface area contributed by atoms with Crippen molar-refractivity contribution in [3.05, 3.63) is 69.8 Å². The third-order valence-electron chi connectivity index (χ3n) is 2.99. The Morgan fingerprint density at radius 1 is 1.09 bits per heavy atom. The van der Waals surface area contributed by atoms with E-state index >= 15 is 0 Å². The normalized spacial score (nSPS) is 10.0. The Balaban J connectivity index is 1.88. The molecular formula is C15H14N3O3S-. The van der Waals surface area contributed by atoms with Gasteiger partial charge in [0, 0.05) is 25.2 Å². The van der Waals surface area contributed by atoms with Crippen molar-refractivity contribution in [1.29, 1.82) is 0 Å². The minimum absolute atomic E-state index is 0.112. The van der Waals surface area contributed by atoms with Crippen molar-refractivity contribution in [2.75, 3.05) is 0 Å². The second-order valence-electron chi connectivity index (χ2n) is 4.57. The standard InChI is InChI=1S/C15H15N3O3S/c19-14-7-6-13(18(20)21)8-12(14)10-17-15(22)16-9-11-4-2-1-3-5-11/h1-8,19H,9-10H2,(H2,16,17,22)/p-1. The van der Waals surface area contributed by atoms with Crippen molar-refractivity contribution in [1.82, 2.24) is 10.6 Å². The molecular weight excluding hydrogens is 302 g/mol. The highest BCUT2D eigenvalue weighted by Gasteiger charge is 2.07. The molecule has 2 aromatic rings. The van der Waals surface area contributed by atoms with Gasteiger partial charge in [-0.05, 0) is 23.3 Å². The van der Waals surface area contributed by atoms with E-state index in [1.54, 1.807) is 0 Å². The summed E-state index contributed by atoms with van der Waals surface area (Å²) in [6.07, 6.45) is 0. The lowest BCUT2D eigenvalue weighted by molar-refractivity contribution is -0.385. The van der Waals surface area contributed by atoms with Crippen LogP contribution in [0.1, 0.15) is 11.1 Å². The van der Waals surface area contributed by atoms with Crippen LogP contribution in [0.25, 0.3) is 0 Å². The van der Waals surface area contributed by atoms with Crippen LogP contribution in [0.3, 0.4) is 0 Å². The van der Waals surface area contributed by atoms with Gasteiger partial charge in [-0.25, -0.2) is 0 Å². The Bertz CT molecular complexity index is 677. The summed E-state index contributed by atoms with van der Waals surface area (Å²) in [7, 11) is 0. The third-order valence-corrected chi connectivity index (χ3v) is 3.28. The Morgan fingerprint density at radius 3 is 2.45 bits per heavy atom. The number of nitro groups is 1. The number of nitro benzene ring substituents is 1. The fraction of sp³-hybridized carbons (Fsp3) is 0.133. The Kier molecular flexibility index (Phi) is 5.26. The van der Waals surface area contributed by atoms with Crippen LogP contribution in [0.5, 0.6) is 5.75 Å². The first-order chi connectivity index (χ1) is 10.6. The van der Waals surface area contributed by atoms with Crippen molar-refractivity contribution >= 4 is 23.0 Å². The number of nitrogens with zero attached hydrogens (tertiary/aromatic N) is 1. The van der Waals surface area contributed by atoms with Crippen molar-refractivity contribution in [2.24, 2.45) is 0 Å². The number of nitrogens with one attached hydrogen (secondary N) is 2. The van der Waals surface area contributed by atoms with Gasteiger partial charge in [-0.15, -0.1) is 5.75 Å². The lowest BCUT2D eigenvalue weighted by Gasteiger charge is -2.15. The largest absolute Gasteiger partial charge is 0.872 e. The highest BCUT2D eigenvalue weighted by molar-refractivity contribution is 7.80. The lowest BCUT2D eigenvalue weighted by atomic mass is 10.2. The molecule has 0 spiro atoms. The summed E-state index contributed by atoms with van der Waals surface area (Å²) in [6.45, 7) is 0.701. The van der Waals surface area contributed by atoms with E-state index in [4.69, 9.17) is 12.2 Å². The monoisotopic (exact) mass is 316 g/mol. The van der Waals surface area contributed by atoms with Gasteiger partial charge in [0.15, 0.2) is 5.11 Å². The SMILES string of the molecule is O=[N+]([O-])c1ccc([O-])c(CNC(=S)NCc2ccccc2)c1. The van der Waals surface area contributed by atoms with Gasteiger partial charge in [-0.1, -0.05) is 36.4 Å². The van der Waals surface area contributed by atoms with Gasteiger partial charge in [-0.2, -0.15) is 0 Å². The second kappa shape index (κ2) is 7.37. The second-order valence-corrected chi connectivity index (χ2v) is 4.98. The molecule has 0 saturated carbocycles. The first-order valence-electron chi connectivity index (χ1n) is 6.56. The molecule has 22 heavy (non-hydrogen) atoms. The summed E-state index contributed by atoms with van der Waals surface area (Å²) in [5.74, 6) is -0.260. The molecule has 0 unspecified atom stereocenters. The molecule has 0 amide bonds.